The van der Waals surface area contributed by atoms with Crippen molar-refractivity contribution in [3.63, 3.8) is 0 Å². The van der Waals surface area contributed by atoms with Crippen LogP contribution in [-0.2, 0) is 17.9 Å². The molecule has 1 N–H and O–H groups in total. The summed E-state index contributed by atoms with van der Waals surface area (Å²) in [7, 11) is 1.73. The maximum absolute atomic E-state index is 5.28. The largest absolute Gasteiger partial charge is 0.378 e. The zero-order chi connectivity index (χ0) is 13.9. The van der Waals surface area contributed by atoms with Crippen LogP contribution in [0.3, 0.4) is 0 Å². The highest BCUT2D eigenvalue weighted by Gasteiger charge is 2.21. The highest BCUT2D eigenvalue weighted by molar-refractivity contribution is 7.15. The van der Waals surface area contributed by atoms with Crippen LogP contribution in [0.15, 0.2) is 24.3 Å². The lowest BCUT2D eigenvalue weighted by molar-refractivity contribution is 0.181. The van der Waals surface area contributed by atoms with Gasteiger partial charge in [-0.1, -0.05) is 23.8 Å². The molecule has 1 saturated carbocycles. The molecule has 1 aliphatic carbocycles. The summed E-state index contributed by atoms with van der Waals surface area (Å²) in [5.41, 5.74) is 3.54. The molecule has 0 saturated heterocycles. The number of aryl methyl sites for hydroxylation is 1. The number of benzene rings is 1. The number of hydrogen-bond acceptors (Lipinski definition) is 4. The van der Waals surface area contributed by atoms with Crippen molar-refractivity contribution in [2.75, 3.05) is 7.11 Å². The molecule has 20 heavy (non-hydrogen) atoms. The van der Waals surface area contributed by atoms with Gasteiger partial charge in [-0.05, 0) is 25.8 Å². The predicted octanol–water partition coefficient (Wildman–Crippen LogP) is 3.52. The highest BCUT2D eigenvalue weighted by Crippen LogP contribution is 2.30. The van der Waals surface area contributed by atoms with Crippen molar-refractivity contribution in [3.8, 4) is 10.6 Å². The van der Waals surface area contributed by atoms with Crippen molar-refractivity contribution in [2.24, 2.45) is 0 Å². The van der Waals surface area contributed by atoms with Crippen LogP contribution in [0.4, 0.5) is 0 Å². The maximum Gasteiger partial charge on any atom is 0.124 e. The van der Waals surface area contributed by atoms with E-state index in [2.05, 4.69) is 36.5 Å². The average molecular weight is 288 g/mol. The summed E-state index contributed by atoms with van der Waals surface area (Å²) in [6, 6.07) is 9.23. The Kier molecular flexibility index (Phi) is 4.15. The van der Waals surface area contributed by atoms with E-state index in [9.17, 15) is 0 Å². The molecule has 1 aromatic carbocycles. The standard InChI is InChI=1S/C16H20N2OS/c1-11-4-3-5-12(8-11)16-18-14(10-19-2)15(20-16)9-17-13-6-7-13/h3-5,8,13,17H,6-7,9-10H2,1-2H3. The van der Waals surface area contributed by atoms with Crippen LogP contribution < -0.4 is 5.32 Å². The molecule has 3 nitrogen and oxygen atoms in total. The molecule has 0 amide bonds. The summed E-state index contributed by atoms with van der Waals surface area (Å²) in [4.78, 5) is 6.06. The molecule has 1 aromatic heterocycles. The molecule has 0 unspecified atom stereocenters. The number of nitrogens with one attached hydrogen (secondary N) is 1. The van der Waals surface area contributed by atoms with E-state index in [1.54, 1.807) is 18.4 Å². The molecule has 1 aliphatic rings. The molecule has 0 atom stereocenters. The van der Waals surface area contributed by atoms with Gasteiger partial charge in [-0.25, -0.2) is 4.98 Å². The van der Waals surface area contributed by atoms with E-state index in [-0.39, 0.29) is 0 Å². The molecule has 0 radical (unpaired) electrons. The first-order valence-corrected chi connectivity index (χ1v) is 7.86. The Balaban J connectivity index is 1.84. The Morgan fingerprint density at radius 2 is 2.25 bits per heavy atom. The Morgan fingerprint density at radius 3 is 2.95 bits per heavy atom. The SMILES string of the molecule is COCc1nc(-c2cccc(C)c2)sc1CNC1CC1. The van der Waals surface area contributed by atoms with Crippen molar-refractivity contribution in [2.45, 2.75) is 39.0 Å². The van der Waals surface area contributed by atoms with Gasteiger partial charge in [-0.3, -0.25) is 0 Å². The fourth-order valence-corrected chi connectivity index (χ4v) is 3.21. The van der Waals surface area contributed by atoms with Crippen LogP contribution in [0.25, 0.3) is 10.6 Å². The van der Waals surface area contributed by atoms with Gasteiger partial charge in [-0.15, -0.1) is 11.3 Å². The fourth-order valence-electron chi connectivity index (χ4n) is 2.20. The quantitative estimate of drug-likeness (QED) is 0.883. The number of hydrogen-bond donors (Lipinski definition) is 1. The number of methoxy groups -OCH3 is 1. The maximum atomic E-state index is 5.28. The zero-order valence-corrected chi connectivity index (χ0v) is 12.8. The average Bonchev–Trinajstić information content (AvgIpc) is 3.18. The lowest BCUT2D eigenvalue weighted by Gasteiger charge is -2.02. The normalized spacial score (nSPS) is 14.7. The van der Waals surface area contributed by atoms with Gasteiger partial charge in [0.05, 0.1) is 12.3 Å². The van der Waals surface area contributed by atoms with Gasteiger partial charge in [0.1, 0.15) is 5.01 Å². The van der Waals surface area contributed by atoms with Crippen LogP contribution >= 0.6 is 11.3 Å². The highest BCUT2D eigenvalue weighted by atomic mass is 32.1. The van der Waals surface area contributed by atoms with Gasteiger partial charge < -0.3 is 10.1 Å². The second-order valence-electron chi connectivity index (χ2n) is 5.35. The molecular weight excluding hydrogens is 268 g/mol. The number of thiazole rings is 1. The first-order chi connectivity index (χ1) is 9.76. The van der Waals surface area contributed by atoms with E-state index in [0.717, 1.165) is 23.3 Å². The van der Waals surface area contributed by atoms with E-state index in [1.807, 2.05) is 0 Å². The Morgan fingerprint density at radius 1 is 1.40 bits per heavy atom. The minimum absolute atomic E-state index is 0.587. The monoisotopic (exact) mass is 288 g/mol. The first kappa shape index (κ1) is 13.7. The van der Waals surface area contributed by atoms with E-state index in [4.69, 9.17) is 9.72 Å². The molecule has 2 aromatic rings. The number of aromatic nitrogens is 1. The molecule has 0 spiro atoms. The summed E-state index contributed by atoms with van der Waals surface area (Å²) in [6.45, 7) is 3.61. The lowest BCUT2D eigenvalue weighted by atomic mass is 10.1. The van der Waals surface area contributed by atoms with Crippen molar-refractivity contribution in [1.29, 1.82) is 0 Å². The number of rotatable bonds is 6. The number of ether oxygens (including phenoxy) is 1. The van der Waals surface area contributed by atoms with E-state index >= 15 is 0 Å². The van der Waals surface area contributed by atoms with Crippen molar-refractivity contribution in [3.05, 3.63) is 40.4 Å². The fraction of sp³-hybridized carbons (Fsp3) is 0.438. The molecule has 106 valence electrons. The van der Waals surface area contributed by atoms with Crippen molar-refractivity contribution in [1.82, 2.24) is 10.3 Å². The second kappa shape index (κ2) is 6.04. The molecular formula is C16H20N2OS. The van der Waals surface area contributed by atoms with E-state index in [0.29, 0.717) is 6.61 Å². The summed E-state index contributed by atoms with van der Waals surface area (Å²) in [5.74, 6) is 0. The van der Waals surface area contributed by atoms with Gasteiger partial charge in [-0.2, -0.15) is 0 Å². The van der Waals surface area contributed by atoms with Crippen LogP contribution in [0.1, 0.15) is 29.0 Å². The van der Waals surface area contributed by atoms with Gasteiger partial charge in [0.15, 0.2) is 0 Å². The van der Waals surface area contributed by atoms with E-state index in [1.165, 1.54) is 28.8 Å². The third-order valence-electron chi connectivity index (χ3n) is 3.45. The second-order valence-corrected chi connectivity index (χ2v) is 6.43. The third-order valence-corrected chi connectivity index (χ3v) is 4.60. The van der Waals surface area contributed by atoms with Crippen LogP contribution in [0.5, 0.6) is 0 Å². The lowest BCUT2D eigenvalue weighted by Crippen LogP contribution is -2.15. The molecule has 1 fully saturated rings. The summed E-state index contributed by atoms with van der Waals surface area (Å²) >= 11 is 1.78. The van der Waals surface area contributed by atoms with Crippen molar-refractivity contribution >= 4 is 11.3 Å². The molecule has 1 heterocycles. The van der Waals surface area contributed by atoms with Crippen molar-refractivity contribution < 1.29 is 4.74 Å². The topological polar surface area (TPSA) is 34.1 Å². The molecule has 0 aliphatic heterocycles. The molecule has 3 rings (SSSR count). The van der Waals surface area contributed by atoms with E-state index < -0.39 is 0 Å². The Bertz CT molecular complexity index is 590. The van der Waals surface area contributed by atoms with Gasteiger partial charge in [0, 0.05) is 30.1 Å². The van der Waals surface area contributed by atoms with Gasteiger partial charge >= 0.3 is 0 Å². The Labute approximate surface area is 124 Å². The van der Waals surface area contributed by atoms with Crippen LogP contribution in [0.2, 0.25) is 0 Å². The smallest absolute Gasteiger partial charge is 0.124 e. The summed E-state index contributed by atoms with van der Waals surface area (Å²) in [6.07, 6.45) is 2.62. The van der Waals surface area contributed by atoms with Crippen LogP contribution in [-0.4, -0.2) is 18.1 Å². The molecule has 0 bridgehead atoms. The van der Waals surface area contributed by atoms with Gasteiger partial charge in [0.2, 0.25) is 0 Å². The summed E-state index contributed by atoms with van der Waals surface area (Å²) < 4.78 is 5.28. The van der Waals surface area contributed by atoms with Crippen LogP contribution in [0, 0.1) is 6.92 Å². The Hall–Kier alpha value is -1.23. The summed E-state index contributed by atoms with van der Waals surface area (Å²) in [5, 5.41) is 4.65. The zero-order valence-electron chi connectivity index (χ0n) is 12.0. The number of nitrogens with zero attached hydrogens (tertiary/aromatic N) is 1. The first-order valence-electron chi connectivity index (χ1n) is 7.04. The third kappa shape index (κ3) is 3.26. The molecule has 4 heteroatoms. The minimum Gasteiger partial charge on any atom is -0.378 e. The predicted molar refractivity (Wildman–Crippen MR) is 82.9 cm³/mol. The minimum atomic E-state index is 0.587. The van der Waals surface area contributed by atoms with Gasteiger partial charge in [0.25, 0.3) is 0 Å².